The molecule has 0 atom stereocenters. The van der Waals surface area contributed by atoms with Crippen molar-refractivity contribution in [2.24, 2.45) is 0 Å². The SMILES string of the molecule is CC(=O)Nc1cccc(NC(=O)CSc2nnc3ccc(-c4ccco4)nn23)c1. The minimum absolute atomic E-state index is 0.123. The van der Waals surface area contributed by atoms with Gasteiger partial charge < -0.3 is 15.1 Å². The molecule has 9 nitrogen and oxygen atoms in total. The fourth-order valence-electron chi connectivity index (χ4n) is 2.62. The van der Waals surface area contributed by atoms with E-state index in [9.17, 15) is 9.59 Å². The van der Waals surface area contributed by atoms with Gasteiger partial charge in [0.2, 0.25) is 17.0 Å². The summed E-state index contributed by atoms with van der Waals surface area (Å²) in [5, 5.41) is 18.6. The van der Waals surface area contributed by atoms with Crippen LogP contribution in [-0.2, 0) is 9.59 Å². The van der Waals surface area contributed by atoms with E-state index >= 15 is 0 Å². The fourth-order valence-corrected chi connectivity index (χ4v) is 3.31. The van der Waals surface area contributed by atoms with Gasteiger partial charge in [-0.3, -0.25) is 9.59 Å². The monoisotopic (exact) mass is 408 g/mol. The Bertz CT molecular complexity index is 1170. The van der Waals surface area contributed by atoms with Crippen LogP contribution in [0.4, 0.5) is 11.4 Å². The van der Waals surface area contributed by atoms with Crippen molar-refractivity contribution in [3.8, 4) is 11.5 Å². The summed E-state index contributed by atoms with van der Waals surface area (Å²) in [7, 11) is 0. The number of carbonyl (C=O) groups is 2. The molecule has 0 aliphatic rings. The molecule has 0 unspecified atom stereocenters. The van der Waals surface area contributed by atoms with E-state index < -0.39 is 0 Å². The molecule has 146 valence electrons. The summed E-state index contributed by atoms with van der Waals surface area (Å²) < 4.78 is 6.95. The second-order valence-electron chi connectivity index (χ2n) is 6.05. The second kappa shape index (κ2) is 8.15. The van der Waals surface area contributed by atoms with E-state index in [4.69, 9.17) is 4.42 Å². The van der Waals surface area contributed by atoms with Gasteiger partial charge in [0, 0.05) is 18.3 Å². The molecular weight excluding hydrogens is 392 g/mol. The smallest absolute Gasteiger partial charge is 0.234 e. The van der Waals surface area contributed by atoms with Crippen LogP contribution in [0, 0.1) is 0 Å². The van der Waals surface area contributed by atoms with E-state index in [1.54, 1.807) is 53.2 Å². The maximum Gasteiger partial charge on any atom is 0.234 e. The minimum atomic E-state index is -0.214. The van der Waals surface area contributed by atoms with Gasteiger partial charge in [0.1, 0.15) is 5.69 Å². The number of fused-ring (bicyclic) bond motifs is 1. The van der Waals surface area contributed by atoms with Crippen LogP contribution in [-0.4, -0.2) is 37.4 Å². The Balaban J connectivity index is 1.43. The molecule has 4 aromatic rings. The van der Waals surface area contributed by atoms with Crippen molar-refractivity contribution in [3.05, 3.63) is 54.8 Å². The summed E-state index contributed by atoms with van der Waals surface area (Å²) in [5.41, 5.74) is 2.42. The third kappa shape index (κ3) is 4.43. The van der Waals surface area contributed by atoms with Crippen molar-refractivity contribution in [3.63, 3.8) is 0 Å². The number of furan rings is 1. The van der Waals surface area contributed by atoms with E-state index in [-0.39, 0.29) is 17.6 Å². The van der Waals surface area contributed by atoms with Gasteiger partial charge in [-0.05, 0) is 42.5 Å². The molecule has 3 heterocycles. The Morgan fingerprint density at radius 2 is 1.90 bits per heavy atom. The molecule has 0 radical (unpaired) electrons. The lowest BCUT2D eigenvalue weighted by Gasteiger charge is -2.07. The van der Waals surface area contributed by atoms with Gasteiger partial charge in [0.05, 0.1) is 12.0 Å². The molecule has 0 saturated heterocycles. The van der Waals surface area contributed by atoms with E-state index in [1.807, 2.05) is 6.07 Å². The van der Waals surface area contributed by atoms with Gasteiger partial charge in [-0.1, -0.05) is 17.8 Å². The van der Waals surface area contributed by atoms with Crippen molar-refractivity contribution < 1.29 is 14.0 Å². The van der Waals surface area contributed by atoms with E-state index in [1.165, 1.54) is 18.7 Å². The number of benzene rings is 1. The molecule has 1 aromatic carbocycles. The molecule has 0 spiro atoms. The molecule has 2 N–H and O–H groups in total. The summed E-state index contributed by atoms with van der Waals surface area (Å²) in [6.07, 6.45) is 1.58. The number of amides is 2. The Morgan fingerprint density at radius 3 is 2.66 bits per heavy atom. The Hall–Kier alpha value is -3.66. The first kappa shape index (κ1) is 18.7. The first-order valence-corrected chi connectivity index (χ1v) is 9.64. The zero-order chi connectivity index (χ0) is 20.2. The van der Waals surface area contributed by atoms with E-state index in [0.29, 0.717) is 33.6 Å². The Labute approximate surface area is 169 Å². The van der Waals surface area contributed by atoms with Crippen molar-refractivity contribution in [1.29, 1.82) is 0 Å². The number of aromatic nitrogens is 4. The summed E-state index contributed by atoms with van der Waals surface area (Å²) in [5.74, 6) is 0.365. The van der Waals surface area contributed by atoms with Crippen molar-refractivity contribution in [1.82, 2.24) is 19.8 Å². The first-order chi connectivity index (χ1) is 14.1. The molecule has 29 heavy (non-hydrogen) atoms. The predicted octanol–water partition coefficient (Wildman–Crippen LogP) is 3.07. The zero-order valence-corrected chi connectivity index (χ0v) is 16.1. The van der Waals surface area contributed by atoms with Gasteiger partial charge in [0.25, 0.3) is 0 Å². The molecule has 2 amide bonds. The average Bonchev–Trinajstić information content (AvgIpc) is 3.36. The van der Waals surface area contributed by atoms with Gasteiger partial charge in [-0.2, -0.15) is 9.61 Å². The second-order valence-corrected chi connectivity index (χ2v) is 6.99. The molecular formula is C19H16N6O3S. The average molecular weight is 408 g/mol. The number of thioether (sulfide) groups is 1. The predicted molar refractivity (Wildman–Crippen MR) is 109 cm³/mol. The summed E-state index contributed by atoms with van der Waals surface area (Å²) in [6, 6.07) is 14.1. The highest BCUT2D eigenvalue weighted by Crippen LogP contribution is 2.21. The molecule has 10 heteroatoms. The maximum atomic E-state index is 12.3. The summed E-state index contributed by atoms with van der Waals surface area (Å²) in [6.45, 7) is 1.43. The normalized spacial score (nSPS) is 10.8. The molecule has 0 fully saturated rings. The molecule has 0 aliphatic carbocycles. The van der Waals surface area contributed by atoms with Crippen LogP contribution in [0.3, 0.4) is 0 Å². The third-order valence-electron chi connectivity index (χ3n) is 3.81. The lowest BCUT2D eigenvalue weighted by molar-refractivity contribution is -0.114. The topological polar surface area (TPSA) is 114 Å². The minimum Gasteiger partial charge on any atom is -0.463 e. The molecule has 4 rings (SSSR count). The van der Waals surface area contributed by atoms with Crippen LogP contribution in [0.1, 0.15) is 6.92 Å². The third-order valence-corrected chi connectivity index (χ3v) is 4.73. The molecule has 0 bridgehead atoms. The fraction of sp³-hybridized carbons (Fsp3) is 0.105. The van der Waals surface area contributed by atoms with E-state index in [0.717, 1.165) is 0 Å². The van der Waals surface area contributed by atoms with Crippen molar-refractivity contribution >= 4 is 40.6 Å². The van der Waals surface area contributed by atoms with Crippen LogP contribution >= 0.6 is 11.8 Å². The van der Waals surface area contributed by atoms with Crippen LogP contribution in [0.5, 0.6) is 0 Å². The number of nitrogens with zero attached hydrogens (tertiary/aromatic N) is 4. The number of hydrogen-bond donors (Lipinski definition) is 2. The van der Waals surface area contributed by atoms with Crippen LogP contribution in [0.25, 0.3) is 17.1 Å². The molecule has 3 aromatic heterocycles. The number of rotatable bonds is 6. The zero-order valence-electron chi connectivity index (χ0n) is 15.3. The van der Waals surface area contributed by atoms with Crippen LogP contribution < -0.4 is 10.6 Å². The summed E-state index contributed by atoms with van der Waals surface area (Å²) in [4.78, 5) is 23.5. The first-order valence-electron chi connectivity index (χ1n) is 8.65. The highest BCUT2D eigenvalue weighted by Gasteiger charge is 2.13. The Morgan fingerprint density at radius 1 is 1.07 bits per heavy atom. The van der Waals surface area contributed by atoms with Gasteiger partial charge in [-0.25, -0.2) is 0 Å². The van der Waals surface area contributed by atoms with Crippen molar-refractivity contribution in [2.45, 2.75) is 12.1 Å². The van der Waals surface area contributed by atoms with Gasteiger partial charge in [-0.15, -0.1) is 10.2 Å². The molecule has 0 aliphatic heterocycles. The number of hydrogen-bond acceptors (Lipinski definition) is 7. The van der Waals surface area contributed by atoms with Crippen molar-refractivity contribution in [2.75, 3.05) is 16.4 Å². The number of anilines is 2. The summed E-state index contributed by atoms with van der Waals surface area (Å²) >= 11 is 1.22. The van der Waals surface area contributed by atoms with Gasteiger partial charge in [0.15, 0.2) is 11.4 Å². The lowest BCUT2D eigenvalue weighted by atomic mass is 10.2. The number of nitrogens with one attached hydrogen (secondary N) is 2. The Kier molecular flexibility index (Phi) is 5.25. The van der Waals surface area contributed by atoms with Gasteiger partial charge >= 0.3 is 0 Å². The highest BCUT2D eigenvalue weighted by molar-refractivity contribution is 7.99. The standard InChI is InChI=1S/C19H16N6O3S/c1-12(26)20-13-4-2-5-14(10-13)21-18(27)11-29-19-23-22-17-8-7-15(24-25(17)19)16-6-3-9-28-16/h2-10H,11H2,1H3,(H,20,26)(H,21,27). The van der Waals surface area contributed by atoms with E-state index in [2.05, 4.69) is 25.9 Å². The number of carbonyl (C=O) groups excluding carboxylic acids is 2. The van der Waals surface area contributed by atoms with Crippen LogP contribution in [0.2, 0.25) is 0 Å². The van der Waals surface area contributed by atoms with Crippen LogP contribution in [0.15, 0.2) is 64.4 Å². The quantitative estimate of drug-likeness (QED) is 0.471. The maximum absolute atomic E-state index is 12.3. The molecule has 0 saturated carbocycles. The lowest BCUT2D eigenvalue weighted by Crippen LogP contribution is -2.15. The highest BCUT2D eigenvalue weighted by atomic mass is 32.2. The largest absolute Gasteiger partial charge is 0.463 e.